The fraction of sp³-hybridized carbons (Fsp3) is 0.476. The Hall–Kier alpha value is -4.00. The molecule has 6 rings (SSSR count). The molecule has 54 heavy (non-hydrogen) atoms. The molecule has 0 bridgehead atoms. The van der Waals surface area contributed by atoms with E-state index >= 15 is 0 Å². The van der Waals surface area contributed by atoms with E-state index in [9.17, 15) is 9.18 Å². The van der Waals surface area contributed by atoms with Crippen LogP contribution in [0.4, 0.5) is 4.39 Å². The van der Waals surface area contributed by atoms with Crippen LogP contribution in [0.15, 0.2) is 48.5 Å². The molecule has 0 radical (unpaired) electrons. The topological polar surface area (TPSA) is 92.0 Å². The zero-order chi connectivity index (χ0) is 38.4. The molecule has 1 aliphatic heterocycles. The second-order valence-electron chi connectivity index (χ2n) is 14.8. The summed E-state index contributed by atoms with van der Waals surface area (Å²) in [6.07, 6.45) is 1.18. The fourth-order valence-corrected chi connectivity index (χ4v) is 7.64. The van der Waals surface area contributed by atoms with Crippen LogP contribution in [0.2, 0.25) is 5.02 Å². The van der Waals surface area contributed by atoms with E-state index in [1.165, 1.54) is 12.1 Å². The lowest BCUT2D eigenvalue weighted by molar-refractivity contribution is 0.00561. The van der Waals surface area contributed by atoms with Crippen LogP contribution in [0, 0.1) is 19.7 Å². The molecule has 0 unspecified atom stereocenters. The first-order chi connectivity index (χ1) is 26.0. The molecule has 10 nitrogen and oxygen atoms in total. The largest absolute Gasteiger partial charge is 0.493 e. The van der Waals surface area contributed by atoms with Gasteiger partial charge in [-0.05, 0) is 88.7 Å². The van der Waals surface area contributed by atoms with E-state index in [0.29, 0.717) is 68.8 Å². The maximum Gasteiger partial charge on any atom is 0.355 e. The highest BCUT2D eigenvalue weighted by Crippen LogP contribution is 2.42. The van der Waals surface area contributed by atoms with Crippen LogP contribution in [0.5, 0.6) is 5.75 Å². The van der Waals surface area contributed by atoms with Crippen molar-refractivity contribution in [3.05, 3.63) is 82.0 Å². The van der Waals surface area contributed by atoms with Crippen molar-refractivity contribution in [1.82, 2.24) is 24.6 Å². The summed E-state index contributed by atoms with van der Waals surface area (Å²) in [5, 5.41) is 11.5. The Morgan fingerprint density at radius 2 is 1.72 bits per heavy atom. The predicted molar refractivity (Wildman–Crippen MR) is 213 cm³/mol. The van der Waals surface area contributed by atoms with Gasteiger partial charge in [0.25, 0.3) is 0 Å². The third-order valence-electron chi connectivity index (χ3n) is 9.86. The van der Waals surface area contributed by atoms with E-state index < -0.39 is 5.60 Å². The van der Waals surface area contributed by atoms with Gasteiger partial charge in [0.15, 0.2) is 0 Å². The molecule has 290 valence electrons. The zero-order valence-corrected chi connectivity index (χ0v) is 33.2. The van der Waals surface area contributed by atoms with Crippen molar-refractivity contribution in [2.24, 2.45) is 0 Å². The number of esters is 1. The Morgan fingerprint density at radius 3 is 2.48 bits per heavy atom. The Morgan fingerprint density at radius 1 is 0.944 bits per heavy atom. The predicted octanol–water partition coefficient (Wildman–Crippen LogP) is 7.60. The number of hydrogen-bond donors (Lipinski definition) is 1. The van der Waals surface area contributed by atoms with Crippen LogP contribution in [-0.4, -0.2) is 97.1 Å². The number of methoxy groups -OCH3 is 1. The minimum absolute atomic E-state index is 0.285. The number of fused-ring (bicyclic) bond motifs is 2. The number of aromatic nitrogens is 3. The number of nitrogens with one attached hydrogen (secondary N) is 1. The standard InChI is InChI=1S/C42H53ClFN5O5/c1-28-37(29(2)49(46-28)22-24-52-26-25-51-6)38-35(43)15-14-34-33(10-8-23-53-36-11-7-9-30-27-31(44)12-13-32(30)36)40(41(50)54-42(3,4)5)48(39(34)38)21-20-47-18-16-45-17-19-47/h7,9,11-15,27,45H,8,10,16-26H2,1-6H3. The van der Waals surface area contributed by atoms with Crippen LogP contribution in [0.25, 0.3) is 32.8 Å². The van der Waals surface area contributed by atoms with Crippen LogP contribution >= 0.6 is 11.6 Å². The highest BCUT2D eigenvalue weighted by Gasteiger charge is 2.31. The third kappa shape index (κ3) is 9.09. The van der Waals surface area contributed by atoms with Gasteiger partial charge in [-0.25, -0.2) is 9.18 Å². The number of rotatable bonds is 16. The summed E-state index contributed by atoms with van der Waals surface area (Å²) in [4.78, 5) is 16.8. The Kier molecular flexibility index (Phi) is 13.0. The normalized spacial score (nSPS) is 14.0. The molecular weight excluding hydrogens is 709 g/mol. The first kappa shape index (κ1) is 39.7. The minimum atomic E-state index is -0.703. The summed E-state index contributed by atoms with van der Waals surface area (Å²) in [6, 6.07) is 14.3. The summed E-state index contributed by atoms with van der Waals surface area (Å²) in [6.45, 7) is 17.3. The molecule has 1 N–H and O–H groups in total. The van der Waals surface area contributed by atoms with Crippen molar-refractivity contribution < 1.29 is 28.1 Å². The van der Waals surface area contributed by atoms with E-state index in [1.54, 1.807) is 13.2 Å². The van der Waals surface area contributed by atoms with Crippen molar-refractivity contribution in [3.8, 4) is 16.9 Å². The summed E-state index contributed by atoms with van der Waals surface area (Å²) in [7, 11) is 1.66. The summed E-state index contributed by atoms with van der Waals surface area (Å²) in [5.41, 5.74) is 5.24. The van der Waals surface area contributed by atoms with Gasteiger partial charge in [-0.1, -0.05) is 29.8 Å². The molecule has 0 aliphatic carbocycles. The monoisotopic (exact) mass is 761 g/mol. The number of benzene rings is 3. The average molecular weight is 762 g/mol. The van der Waals surface area contributed by atoms with Crippen molar-refractivity contribution in [1.29, 1.82) is 0 Å². The fourth-order valence-electron chi connectivity index (χ4n) is 7.40. The Bertz CT molecular complexity index is 2080. The Labute approximate surface area is 322 Å². The smallest absolute Gasteiger partial charge is 0.355 e. The van der Waals surface area contributed by atoms with Gasteiger partial charge in [-0.15, -0.1) is 0 Å². The van der Waals surface area contributed by atoms with Gasteiger partial charge in [0.1, 0.15) is 22.9 Å². The quantitative estimate of drug-likeness (QED) is 0.0813. The number of carbonyl (C=O) groups is 1. The molecule has 0 saturated carbocycles. The molecule has 0 spiro atoms. The van der Waals surface area contributed by atoms with Crippen LogP contribution in [0.1, 0.15) is 54.6 Å². The van der Waals surface area contributed by atoms with Crippen LogP contribution in [-0.2, 0) is 33.7 Å². The van der Waals surface area contributed by atoms with Crippen molar-refractivity contribution in [3.63, 3.8) is 0 Å². The molecule has 5 aromatic rings. The van der Waals surface area contributed by atoms with Gasteiger partial charge >= 0.3 is 5.97 Å². The maximum atomic E-state index is 14.4. The first-order valence-corrected chi connectivity index (χ1v) is 19.3. The van der Waals surface area contributed by atoms with Crippen molar-refractivity contribution in [2.75, 3.05) is 66.3 Å². The lowest BCUT2D eigenvalue weighted by atomic mass is 9.98. The number of carbonyl (C=O) groups excluding carboxylic acids is 1. The lowest BCUT2D eigenvalue weighted by Gasteiger charge is -2.28. The highest BCUT2D eigenvalue weighted by molar-refractivity contribution is 6.35. The van der Waals surface area contributed by atoms with E-state index in [4.69, 9.17) is 35.6 Å². The van der Waals surface area contributed by atoms with Crippen molar-refractivity contribution >= 4 is 39.2 Å². The first-order valence-electron chi connectivity index (χ1n) is 18.9. The van der Waals surface area contributed by atoms with Crippen LogP contribution in [0.3, 0.4) is 0 Å². The molecule has 1 saturated heterocycles. The SMILES string of the molecule is COCCOCCn1nc(C)c(-c2c(Cl)ccc3c(CCCOc4cccc5cc(F)ccc45)c(C(=O)OC(C)(C)C)n(CCN4CCNCC4)c23)c1C. The number of nitrogens with zero attached hydrogens (tertiary/aromatic N) is 4. The molecule has 2 aromatic heterocycles. The molecular formula is C42H53ClFN5O5. The van der Waals surface area contributed by atoms with E-state index in [1.807, 2.05) is 62.7 Å². The maximum absolute atomic E-state index is 14.4. The number of piperazine rings is 1. The molecule has 3 aromatic carbocycles. The van der Waals surface area contributed by atoms with E-state index in [-0.39, 0.29) is 11.8 Å². The molecule has 1 aliphatic rings. The van der Waals surface area contributed by atoms with Gasteiger partial charge in [-0.2, -0.15) is 5.10 Å². The average Bonchev–Trinajstić information content (AvgIpc) is 3.60. The minimum Gasteiger partial charge on any atom is -0.493 e. The zero-order valence-electron chi connectivity index (χ0n) is 32.4. The van der Waals surface area contributed by atoms with Gasteiger partial charge in [0.2, 0.25) is 0 Å². The third-order valence-corrected chi connectivity index (χ3v) is 10.2. The lowest BCUT2D eigenvalue weighted by Crippen LogP contribution is -2.44. The van der Waals surface area contributed by atoms with Gasteiger partial charge in [0, 0.05) is 74.0 Å². The summed E-state index contributed by atoms with van der Waals surface area (Å²) in [5.74, 6) is 0.0386. The van der Waals surface area contributed by atoms with E-state index in [0.717, 1.165) is 82.5 Å². The number of aryl methyl sites for hydroxylation is 2. The number of hydrogen-bond acceptors (Lipinski definition) is 8. The summed E-state index contributed by atoms with van der Waals surface area (Å²) >= 11 is 7.21. The van der Waals surface area contributed by atoms with Crippen LogP contribution < -0.4 is 10.1 Å². The molecule has 3 heterocycles. The van der Waals surface area contributed by atoms with Gasteiger partial charge in [0.05, 0.1) is 49.2 Å². The van der Waals surface area contributed by atoms with Crippen molar-refractivity contribution in [2.45, 2.75) is 66.2 Å². The summed E-state index contributed by atoms with van der Waals surface area (Å²) < 4.78 is 41.4. The van der Waals surface area contributed by atoms with Gasteiger partial charge in [-0.3, -0.25) is 9.58 Å². The van der Waals surface area contributed by atoms with E-state index in [2.05, 4.69) is 21.7 Å². The highest BCUT2D eigenvalue weighted by atomic mass is 35.5. The second-order valence-corrected chi connectivity index (χ2v) is 15.2. The molecule has 1 fully saturated rings. The second kappa shape index (κ2) is 17.6. The Balaban J connectivity index is 1.42. The molecule has 12 heteroatoms. The molecule has 0 atom stereocenters. The number of halogens is 2. The molecule has 0 amide bonds. The number of ether oxygens (including phenoxy) is 4. The van der Waals surface area contributed by atoms with Gasteiger partial charge < -0.3 is 28.8 Å².